The summed E-state index contributed by atoms with van der Waals surface area (Å²) in [6.07, 6.45) is 0.0331. The lowest BCUT2D eigenvalue weighted by atomic mass is 9.99. The lowest BCUT2D eigenvalue weighted by Gasteiger charge is -2.18. The van der Waals surface area contributed by atoms with Crippen molar-refractivity contribution in [3.63, 3.8) is 0 Å². The van der Waals surface area contributed by atoms with Gasteiger partial charge in [0.25, 0.3) is 0 Å². The molecule has 1 aliphatic rings. The van der Waals surface area contributed by atoms with Crippen LogP contribution < -0.4 is 10.2 Å². The normalized spacial score (nSPS) is 17.4. The predicted octanol–water partition coefficient (Wildman–Crippen LogP) is 2.47. The zero-order valence-electron chi connectivity index (χ0n) is 15.4. The number of hydrogen-bond acceptors (Lipinski definition) is 3. The lowest BCUT2D eigenvalue weighted by Crippen LogP contribution is -2.37. The van der Waals surface area contributed by atoms with Crippen LogP contribution >= 0.6 is 0 Å². The summed E-state index contributed by atoms with van der Waals surface area (Å²) in [6, 6.07) is 13.0. The topological polar surface area (TPSA) is 86.7 Å². The maximum atomic E-state index is 13.5. The first-order chi connectivity index (χ1) is 13.4. The summed E-state index contributed by atoms with van der Waals surface area (Å²) in [4.78, 5) is 37.8. The molecular formula is C21H21FN2O4. The van der Waals surface area contributed by atoms with Crippen LogP contribution in [0.1, 0.15) is 23.5 Å². The summed E-state index contributed by atoms with van der Waals surface area (Å²) in [5, 5.41) is 12.1. The second-order valence-electron chi connectivity index (χ2n) is 6.89. The zero-order chi connectivity index (χ0) is 20.3. The summed E-state index contributed by atoms with van der Waals surface area (Å²) in [7, 11) is 0. The molecule has 0 bridgehead atoms. The molecule has 2 unspecified atom stereocenters. The van der Waals surface area contributed by atoms with E-state index in [4.69, 9.17) is 0 Å². The van der Waals surface area contributed by atoms with E-state index in [1.165, 1.54) is 17.0 Å². The number of anilines is 1. The highest BCUT2D eigenvalue weighted by Gasteiger charge is 2.35. The summed E-state index contributed by atoms with van der Waals surface area (Å²) in [5.74, 6) is -3.41. The monoisotopic (exact) mass is 384 g/mol. The maximum absolute atomic E-state index is 13.5. The van der Waals surface area contributed by atoms with Gasteiger partial charge in [0.05, 0.1) is 11.8 Å². The number of benzene rings is 2. The Morgan fingerprint density at radius 2 is 1.96 bits per heavy atom. The number of carboxylic acid groups (broad SMARTS) is 1. The van der Waals surface area contributed by atoms with E-state index in [0.717, 1.165) is 0 Å². The van der Waals surface area contributed by atoms with Crippen LogP contribution in [0.25, 0.3) is 0 Å². The quantitative estimate of drug-likeness (QED) is 0.801. The Morgan fingerprint density at radius 1 is 1.25 bits per heavy atom. The Bertz CT molecular complexity index is 901. The molecule has 2 N–H and O–H groups in total. The van der Waals surface area contributed by atoms with Crippen molar-refractivity contribution >= 4 is 23.5 Å². The van der Waals surface area contributed by atoms with Crippen LogP contribution in [0.4, 0.5) is 10.1 Å². The average molecular weight is 384 g/mol. The molecule has 146 valence electrons. The molecule has 2 atom stereocenters. The summed E-state index contributed by atoms with van der Waals surface area (Å²) in [6.45, 7) is 1.73. The Morgan fingerprint density at radius 3 is 2.61 bits per heavy atom. The second-order valence-corrected chi connectivity index (χ2v) is 6.89. The number of amides is 2. The molecule has 28 heavy (non-hydrogen) atoms. The Hall–Kier alpha value is -3.22. The van der Waals surface area contributed by atoms with Crippen LogP contribution in [0.5, 0.6) is 0 Å². The molecule has 2 aromatic carbocycles. The minimum Gasteiger partial charge on any atom is -0.481 e. The van der Waals surface area contributed by atoms with Crippen molar-refractivity contribution in [1.82, 2.24) is 5.32 Å². The fourth-order valence-corrected chi connectivity index (χ4v) is 3.31. The van der Waals surface area contributed by atoms with E-state index >= 15 is 0 Å². The van der Waals surface area contributed by atoms with Gasteiger partial charge in [-0.3, -0.25) is 14.4 Å². The smallest absolute Gasteiger partial charge is 0.312 e. The molecule has 2 amide bonds. The van der Waals surface area contributed by atoms with Crippen LogP contribution in [0.3, 0.4) is 0 Å². The number of carboxylic acids is 1. The van der Waals surface area contributed by atoms with Crippen molar-refractivity contribution in [3.8, 4) is 0 Å². The van der Waals surface area contributed by atoms with Crippen molar-refractivity contribution in [3.05, 3.63) is 65.5 Å². The number of halogens is 1. The number of nitrogens with zero attached hydrogens (tertiary/aromatic N) is 1. The van der Waals surface area contributed by atoms with E-state index in [2.05, 4.69) is 5.32 Å². The minimum absolute atomic E-state index is 0.0331. The fourth-order valence-electron chi connectivity index (χ4n) is 3.31. The molecular weight excluding hydrogens is 363 g/mol. The summed E-state index contributed by atoms with van der Waals surface area (Å²) in [5.41, 5.74) is 1.57. The highest BCUT2D eigenvalue weighted by Crippen LogP contribution is 2.27. The van der Waals surface area contributed by atoms with E-state index in [9.17, 15) is 23.9 Å². The molecule has 3 rings (SSSR count). The van der Waals surface area contributed by atoms with E-state index in [1.807, 2.05) is 0 Å². The van der Waals surface area contributed by atoms with Crippen LogP contribution in [0.2, 0.25) is 0 Å². The molecule has 1 heterocycles. The Labute approximate surface area is 162 Å². The Kier molecular flexibility index (Phi) is 5.73. The van der Waals surface area contributed by atoms with Crippen molar-refractivity contribution in [2.45, 2.75) is 19.3 Å². The molecule has 1 saturated heterocycles. The van der Waals surface area contributed by atoms with Gasteiger partial charge in [-0.05, 0) is 36.2 Å². The van der Waals surface area contributed by atoms with Gasteiger partial charge in [-0.2, -0.15) is 0 Å². The van der Waals surface area contributed by atoms with Crippen molar-refractivity contribution in [1.29, 1.82) is 0 Å². The number of hydrogen-bond donors (Lipinski definition) is 2. The van der Waals surface area contributed by atoms with Crippen molar-refractivity contribution < 1.29 is 23.9 Å². The minimum atomic E-state index is -1.03. The van der Waals surface area contributed by atoms with Gasteiger partial charge in [0.15, 0.2) is 0 Å². The van der Waals surface area contributed by atoms with Gasteiger partial charge < -0.3 is 15.3 Å². The van der Waals surface area contributed by atoms with Gasteiger partial charge in [-0.25, -0.2) is 4.39 Å². The first kappa shape index (κ1) is 19.5. The third kappa shape index (κ3) is 4.19. The molecule has 0 aliphatic carbocycles. The molecule has 2 aromatic rings. The molecule has 1 aliphatic heterocycles. The van der Waals surface area contributed by atoms with E-state index in [1.54, 1.807) is 43.3 Å². The number of rotatable bonds is 6. The van der Waals surface area contributed by atoms with Crippen LogP contribution in [0.15, 0.2) is 48.5 Å². The van der Waals surface area contributed by atoms with Gasteiger partial charge in [-0.15, -0.1) is 0 Å². The molecule has 6 nitrogen and oxygen atoms in total. The van der Waals surface area contributed by atoms with Crippen LogP contribution in [-0.2, 0) is 14.4 Å². The summed E-state index contributed by atoms with van der Waals surface area (Å²) < 4.78 is 13.5. The zero-order valence-corrected chi connectivity index (χ0v) is 15.4. The third-order valence-electron chi connectivity index (χ3n) is 4.93. The predicted molar refractivity (Wildman–Crippen MR) is 101 cm³/mol. The number of nitrogens with one attached hydrogen (secondary N) is 1. The van der Waals surface area contributed by atoms with Gasteiger partial charge in [0.2, 0.25) is 11.8 Å². The van der Waals surface area contributed by atoms with E-state index in [0.29, 0.717) is 16.8 Å². The first-order valence-electron chi connectivity index (χ1n) is 8.98. The average Bonchev–Trinajstić information content (AvgIpc) is 3.06. The lowest BCUT2D eigenvalue weighted by molar-refractivity contribution is -0.138. The fraction of sp³-hybridized carbons (Fsp3) is 0.286. The Balaban J connectivity index is 1.64. The van der Waals surface area contributed by atoms with Gasteiger partial charge >= 0.3 is 5.97 Å². The van der Waals surface area contributed by atoms with Gasteiger partial charge in [0.1, 0.15) is 5.82 Å². The highest BCUT2D eigenvalue weighted by molar-refractivity contribution is 6.00. The van der Waals surface area contributed by atoms with Gasteiger partial charge in [-0.1, -0.05) is 30.3 Å². The molecule has 1 fully saturated rings. The van der Waals surface area contributed by atoms with Crippen LogP contribution in [-0.4, -0.2) is 36.0 Å². The molecule has 0 spiro atoms. The third-order valence-corrected chi connectivity index (χ3v) is 4.93. The number of carbonyl (C=O) groups excluding carboxylic acids is 2. The number of carbonyl (C=O) groups is 3. The molecule has 0 radical (unpaired) electrons. The van der Waals surface area contributed by atoms with Crippen molar-refractivity contribution in [2.75, 3.05) is 18.0 Å². The maximum Gasteiger partial charge on any atom is 0.312 e. The summed E-state index contributed by atoms with van der Waals surface area (Å²) >= 11 is 0. The largest absolute Gasteiger partial charge is 0.481 e. The molecule has 0 saturated carbocycles. The van der Waals surface area contributed by atoms with Crippen molar-refractivity contribution in [2.24, 2.45) is 5.92 Å². The molecule has 0 aromatic heterocycles. The van der Waals surface area contributed by atoms with E-state index < -0.39 is 17.8 Å². The standard InChI is InChI=1S/C21H21FN2O4/c1-13-9-16(7-8-18(13)22)24-12-15(10-19(24)25)20(26)23-11-17(21(27)28)14-5-3-2-4-6-14/h2-9,15,17H,10-12H2,1H3,(H,23,26)(H,27,28). The van der Waals surface area contributed by atoms with E-state index in [-0.39, 0.29) is 37.1 Å². The number of aryl methyl sites for hydroxylation is 1. The number of aliphatic carboxylic acids is 1. The first-order valence-corrected chi connectivity index (χ1v) is 8.98. The highest BCUT2D eigenvalue weighted by atomic mass is 19.1. The SMILES string of the molecule is Cc1cc(N2CC(C(=O)NCC(C(=O)O)c3ccccc3)CC2=O)ccc1F. The second kappa shape index (κ2) is 8.21. The van der Waals surface area contributed by atoms with Gasteiger partial charge in [0, 0.05) is 25.2 Å². The molecule has 7 heteroatoms. The van der Waals surface area contributed by atoms with Crippen LogP contribution in [0, 0.1) is 18.7 Å².